The molecule has 0 saturated carbocycles. The van der Waals surface area contributed by atoms with E-state index in [0.717, 1.165) is 17.5 Å². The lowest BCUT2D eigenvalue weighted by molar-refractivity contribution is -0.141. The molecule has 0 bridgehead atoms. The van der Waals surface area contributed by atoms with Crippen molar-refractivity contribution in [1.82, 2.24) is 0 Å². The Morgan fingerprint density at radius 2 is 1.55 bits per heavy atom. The van der Waals surface area contributed by atoms with Crippen LogP contribution in [-0.4, -0.2) is 5.97 Å². The molecule has 0 amide bonds. The summed E-state index contributed by atoms with van der Waals surface area (Å²) in [6, 6.07) is 18.4. The van der Waals surface area contributed by atoms with Gasteiger partial charge in [0.15, 0.2) is 0 Å². The summed E-state index contributed by atoms with van der Waals surface area (Å²) >= 11 is 0. The maximum Gasteiger partial charge on any atom is 0.306 e. The highest BCUT2D eigenvalue weighted by atomic mass is 16.5. The first-order valence-corrected chi connectivity index (χ1v) is 6.84. The Balaban J connectivity index is 1.70. The van der Waals surface area contributed by atoms with Gasteiger partial charge in [-0.1, -0.05) is 66.7 Å². The molecule has 3 rings (SSSR count). The van der Waals surface area contributed by atoms with Crippen LogP contribution in [0, 0.1) is 0 Å². The van der Waals surface area contributed by atoms with Gasteiger partial charge in [0.05, 0.1) is 0 Å². The summed E-state index contributed by atoms with van der Waals surface area (Å²) in [4.78, 5) is 11.1. The highest BCUT2D eigenvalue weighted by Crippen LogP contribution is 2.29. The molecular formula is C18H16O2. The van der Waals surface area contributed by atoms with Crippen LogP contribution in [0.2, 0.25) is 0 Å². The molecule has 1 heterocycles. The molecular weight excluding hydrogens is 248 g/mol. The molecule has 1 saturated heterocycles. The van der Waals surface area contributed by atoms with Gasteiger partial charge in [-0.3, -0.25) is 4.79 Å². The minimum Gasteiger partial charge on any atom is -0.457 e. The van der Waals surface area contributed by atoms with Crippen LogP contribution in [-0.2, 0) is 9.53 Å². The van der Waals surface area contributed by atoms with E-state index in [1.165, 1.54) is 5.56 Å². The molecule has 0 radical (unpaired) electrons. The van der Waals surface area contributed by atoms with Crippen LogP contribution in [0.15, 0.2) is 54.6 Å². The van der Waals surface area contributed by atoms with Crippen LogP contribution in [0.25, 0.3) is 12.2 Å². The van der Waals surface area contributed by atoms with Gasteiger partial charge in [-0.2, -0.15) is 0 Å². The number of carbonyl (C=O) groups excluding carboxylic acids is 1. The molecule has 2 heteroatoms. The van der Waals surface area contributed by atoms with E-state index < -0.39 is 0 Å². The lowest BCUT2D eigenvalue weighted by Crippen LogP contribution is -1.98. The van der Waals surface area contributed by atoms with E-state index in [1.54, 1.807) is 0 Å². The molecule has 0 aliphatic carbocycles. The normalized spacial score (nSPS) is 18.4. The average Bonchev–Trinajstić information content (AvgIpc) is 2.93. The molecule has 20 heavy (non-hydrogen) atoms. The van der Waals surface area contributed by atoms with Crippen LogP contribution < -0.4 is 0 Å². The van der Waals surface area contributed by atoms with Crippen molar-refractivity contribution in [3.05, 3.63) is 71.3 Å². The fourth-order valence-electron chi connectivity index (χ4n) is 2.34. The maximum absolute atomic E-state index is 11.1. The van der Waals surface area contributed by atoms with Crippen molar-refractivity contribution in [1.29, 1.82) is 0 Å². The molecule has 1 atom stereocenters. The van der Waals surface area contributed by atoms with Gasteiger partial charge in [0.2, 0.25) is 0 Å². The molecule has 2 aromatic carbocycles. The van der Waals surface area contributed by atoms with E-state index in [2.05, 4.69) is 36.4 Å². The first-order valence-electron chi connectivity index (χ1n) is 6.84. The average molecular weight is 264 g/mol. The van der Waals surface area contributed by atoms with Gasteiger partial charge in [-0.15, -0.1) is 0 Å². The number of esters is 1. The predicted molar refractivity (Wildman–Crippen MR) is 79.9 cm³/mol. The minimum atomic E-state index is -0.0944. The Labute approximate surface area is 118 Å². The van der Waals surface area contributed by atoms with Gasteiger partial charge in [0.25, 0.3) is 0 Å². The largest absolute Gasteiger partial charge is 0.457 e. The van der Waals surface area contributed by atoms with E-state index in [0.29, 0.717) is 6.42 Å². The molecule has 0 aromatic heterocycles. The SMILES string of the molecule is O=C1CCC(c2ccc(/C=C/c3ccccc3)cc2)O1. The lowest BCUT2D eigenvalue weighted by atomic mass is 10.0. The predicted octanol–water partition coefficient (Wildman–Crippen LogP) is 4.24. The van der Waals surface area contributed by atoms with Gasteiger partial charge in [0, 0.05) is 6.42 Å². The smallest absolute Gasteiger partial charge is 0.306 e. The summed E-state index contributed by atoms with van der Waals surface area (Å²) < 4.78 is 5.26. The molecule has 1 aliphatic rings. The third kappa shape index (κ3) is 2.97. The number of cyclic esters (lactones) is 1. The van der Waals surface area contributed by atoms with Gasteiger partial charge in [0.1, 0.15) is 6.10 Å². The minimum absolute atomic E-state index is 0.0605. The Bertz CT molecular complexity index is 612. The van der Waals surface area contributed by atoms with Crippen molar-refractivity contribution in [2.75, 3.05) is 0 Å². The first-order chi connectivity index (χ1) is 9.81. The number of ether oxygens (including phenoxy) is 1. The van der Waals surface area contributed by atoms with E-state index in [-0.39, 0.29) is 12.1 Å². The van der Waals surface area contributed by atoms with Crippen molar-refractivity contribution in [3.63, 3.8) is 0 Å². The van der Waals surface area contributed by atoms with E-state index >= 15 is 0 Å². The van der Waals surface area contributed by atoms with E-state index in [9.17, 15) is 4.79 Å². The second kappa shape index (κ2) is 5.74. The molecule has 0 spiro atoms. The van der Waals surface area contributed by atoms with Crippen LogP contribution in [0.3, 0.4) is 0 Å². The zero-order chi connectivity index (χ0) is 13.8. The van der Waals surface area contributed by atoms with Crippen LogP contribution >= 0.6 is 0 Å². The topological polar surface area (TPSA) is 26.3 Å². The summed E-state index contributed by atoms with van der Waals surface area (Å²) in [6.07, 6.45) is 5.43. The second-order valence-electron chi connectivity index (χ2n) is 4.93. The number of hydrogen-bond donors (Lipinski definition) is 0. The highest BCUT2D eigenvalue weighted by molar-refractivity contribution is 5.72. The summed E-state index contributed by atoms with van der Waals surface area (Å²) in [7, 11) is 0. The third-order valence-corrected chi connectivity index (χ3v) is 3.46. The van der Waals surface area contributed by atoms with Crippen molar-refractivity contribution >= 4 is 18.1 Å². The monoisotopic (exact) mass is 264 g/mol. The van der Waals surface area contributed by atoms with Crippen molar-refractivity contribution < 1.29 is 9.53 Å². The fraction of sp³-hybridized carbons (Fsp3) is 0.167. The molecule has 2 nitrogen and oxygen atoms in total. The highest BCUT2D eigenvalue weighted by Gasteiger charge is 2.24. The molecule has 1 fully saturated rings. The van der Waals surface area contributed by atoms with Gasteiger partial charge < -0.3 is 4.74 Å². The molecule has 1 aliphatic heterocycles. The standard InChI is InChI=1S/C18H16O2/c19-18-13-12-17(20-18)16-10-8-15(9-11-16)7-6-14-4-2-1-3-5-14/h1-11,17H,12-13H2/b7-6+. The number of hydrogen-bond acceptors (Lipinski definition) is 2. The Morgan fingerprint density at radius 3 is 2.15 bits per heavy atom. The van der Waals surface area contributed by atoms with Crippen molar-refractivity contribution in [2.45, 2.75) is 18.9 Å². The van der Waals surface area contributed by atoms with Crippen LogP contribution in [0.1, 0.15) is 35.6 Å². The van der Waals surface area contributed by atoms with E-state index in [1.807, 2.05) is 30.3 Å². The quantitative estimate of drug-likeness (QED) is 0.612. The van der Waals surface area contributed by atoms with Gasteiger partial charge in [-0.05, 0) is 23.1 Å². The molecule has 1 unspecified atom stereocenters. The maximum atomic E-state index is 11.1. The van der Waals surface area contributed by atoms with Gasteiger partial charge >= 0.3 is 5.97 Å². The van der Waals surface area contributed by atoms with Crippen LogP contribution in [0.4, 0.5) is 0 Å². The number of rotatable bonds is 3. The molecule has 2 aromatic rings. The summed E-state index contributed by atoms with van der Waals surface area (Å²) in [5.74, 6) is -0.0944. The molecule has 0 N–H and O–H groups in total. The fourth-order valence-corrected chi connectivity index (χ4v) is 2.34. The van der Waals surface area contributed by atoms with E-state index in [4.69, 9.17) is 4.74 Å². The number of benzene rings is 2. The Kier molecular flexibility index (Phi) is 3.64. The Hall–Kier alpha value is -2.35. The van der Waals surface area contributed by atoms with Crippen LogP contribution in [0.5, 0.6) is 0 Å². The summed E-state index contributed by atoms with van der Waals surface area (Å²) in [5, 5.41) is 0. The lowest BCUT2D eigenvalue weighted by Gasteiger charge is -2.09. The zero-order valence-corrected chi connectivity index (χ0v) is 11.2. The Morgan fingerprint density at radius 1 is 0.900 bits per heavy atom. The van der Waals surface area contributed by atoms with Crippen molar-refractivity contribution in [2.24, 2.45) is 0 Å². The molecule has 100 valence electrons. The first kappa shape index (κ1) is 12.7. The van der Waals surface area contributed by atoms with Gasteiger partial charge in [-0.25, -0.2) is 0 Å². The van der Waals surface area contributed by atoms with Crippen molar-refractivity contribution in [3.8, 4) is 0 Å². The summed E-state index contributed by atoms with van der Waals surface area (Å²) in [6.45, 7) is 0. The summed E-state index contributed by atoms with van der Waals surface area (Å²) in [5.41, 5.74) is 3.40. The zero-order valence-electron chi connectivity index (χ0n) is 11.2. The third-order valence-electron chi connectivity index (χ3n) is 3.46. The number of carbonyl (C=O) groups is 1. The second-order valence-corrected chi connectivity index (χ2v) is 4.93.